The molecule has 3 aliphatic heterocycles. The van der Waals surface area contributed by atoms with Crippen molar-refractivity contribution in [3.8, 4) is 0 Å². The summed E-state index contributed by atoms with van der Waals surface area (Å²) in [6.45, 7) is 5.89. The van der Waals surface area contributed by atoms with Gasteiger partial charge in [-0.05, 0) is 62.3 Å². The minimum absolute atomic E-state index is 0. The number of hydrogen-bond acceptors (Lipinski definition) is 3. The first-order valence-electron chi connectivity index (χ1n) is 11.6. The maximum atomic E-state index is 12.9. The number of nitrogens with zero attached hydrogens (tertiary/aromatic N) is 1. The highest BCUT2D eigenvalue weighted by molar-refractivity contribution is 5.98. The van der Waals surface area contributed by atoms with Crippen LogP contribution in [-0.4, -0.2) is 41.8 Å². The van der Waals surface area contributed by atoms with Gasteiger partial charge in [0.25, 0.3) is 0 Å². The molecule has 30 heavy (non-hydrogen) atoms. The average molecular weight is 433 g/mol. The van der Waals surface area contributed by atoms with Crippen molar-refractivity contribution >= 4 is 24.1 Å². The Kier molecular flexibility index (Phi) is 7.98. The number of Topliss-reactive ketones (excluding diaryl/α,β-unsaturated/α-hetero) is 1. The molecule has 1 amide bonds. The number of carbonyl (C=O) groups is 2. The maximum absolute atomic E-state index is 12.9. The minimum Gasteiger partial charge on any atom is -0.343 e. The highest BCUT2D eigenvalue weighted by Crippen LogP contribution is 2.33. The van der Waals surface area contributed by atoms with Crippen molar-refractivity contribution < 1.29 is 9.59 Å². The topological polar surface area (TPSA) is 49.4 Å². The van der Waals surface area contributed by atoms with Gasteiger partial charge in [0.2, 0.25) is 5.91 Å². The van der Waals surface area contributed by atoms with E-state index >= 15 is 0 Å². The molecule has 1 N–H and O–H groups in total. The fourth-order valence-electron chi connectivity index (χ4n) is 5.62. The fourth-order valence-corrected chi connectivity index (χ4v) is 5.62. The molecule has 3 fully saturated rings. The molecule has 1 aromatic rings. The van der Waals surface area contributed by atoms with E-state index in [0.29, 0.717) is 36.2 Å². The molecule has 4 nitrogen and oxygen atoms in total. The predicted octanol–water partition coefficient (Wildman–Crippen LogP) is 4.65. The van der Waals surface area contributed by atoms with Gasteiger partial charge in [-0.3, -0.25) is 9.59 Å². The Labute approximate surface area is 187 Å². The molecule has 0 aromatic heterocycles. The van der Waals surface area contributed by atoms with Crippen LogP contribution in [0.1, 0.15) is 74.7 Å². The second-order valence-corrected chi connectivity index (χ2v) is 9.99. The van der Waals surface area contributed by atoms with Crippen LogP contribution in [0.15, 0.2) is 24.3 Å². The van der Waals surface area contributed by atoms with E-state index in [9.17, 15) is 9.59 Å². The summed E-state index contributed by atoms with van der Waals surface area (Å²) in [4.78, 5) is 27.7. The summed E-state index contributed by atoms with van der Waals surface area (Å²) in [7, 11) is 0. The smallest absolute Gasteiger partial charge is 0.222 e. The Morgan fingerprint density at radius 2 is 1.60 bits per heavy atom. The lowest BCUT2D eigenvalue weighted by Gasteiger charge is -2.34. The molecule has 5 heteroatoms. The third kappa shape index (κ3) is 5.64. The predicted molar refractivity (Wildman–Crippen MR) is 123 cm³/mol. The van der Waals surface area contributed by atoms with Crippen LogP contribution < -0.4 is 5.32 Å². The van der Waals surface area contributed by atoms with Crippen LogP contribution >= 0.6 is 12.4 Å². The normalized spacial score (nSPS) is 26.5. The summed E-state index contributed by atoms with van der Waals surface area (Å²) in [5.41, 5.74) is 2.12. The summed E-state index contributed by atoms with van der Waals surface area (Å²) in [5, 5.41) is 3.66. The first kappa shape index (κ1) is 23.3. The molecular formula is C25H37ClN2O2. The van der Waals surface area contributed by atoms with E-state index < -0.39 is 0 Å². The van der Waals surface area contributed by atoms with Crippen LogP contribution in [0, 0.1) is 17.8 Å². The molecule has 1 aromatic carbocycles. The van der Waals surface area contributed by atoms with Crippen LogP contribution in [0.2, 0.25) is 0 Å². The molecule has 3 aliphatic rings. The minimum atomic E-state index is 0. The molecule has 4 rings (SSSR count). The molecule has 0 spiro atoms. The molecule has 0 saturated carbocycles. The first-order valence-corrected chi connectivity index (χ1v) is 11.6. The van der Waals surface area contributed by atoms with Gasteiger partial charge in [0.15, 0.2) is 5.78 Å². The number of piperidine rings is 2. The Bertz CT molecular complexity index is 713. The Balaban J connectivity index is 0.00000256. The second kappa shape index (κ2) is 10.3. The second-order valence-electron chi connectivity index (χ2n) is 9.99. The summed E-state index contributed by atoms with van der Waals surface area (Å²) in [5.74, 6) is 1.79. The molecule has 2 unspecified atom stereocenters. The summed E-state index contributed by atoms with van der Waals surface area (Å²) in [6.07, 6.45) is 8.22. The van der Waals surface area contributed by atoms with Crippen molar-refractivity contribution in [3.63, 3.8) is 0 Å². The number of nitrogens with one attached hydrogen (secondary N) is 1. The number of ketones is 1. The van der Waals surface area contributed by atoms with E-state index in [1.807, 2.05) is 17.0 Å². The van der Waals surface area contributed by atoms with Gasteiger partial charge in [-0.2, -0.15) is 0 Å². The van der Waals surface area contributed by atoms with Gasteiger partial charge >= 0.3 is 0 Å². The first-order chi connectivity index (χ1) is 14.0. The number of amides is 1. The highest BCUT2D eigenvalue weighted by Gasteiger charge is 2.35. The lowest BCUT2D eigenvalue weighted by molar-refractivity contribution is -0.133. The highest BCUT2D eigenvalue weighted by atomic mass is 35.5. The molecular weight excluding hydrogens is 396 g/mol. The van der Waals surface area contributed by atoms with Gasteiger partial charge < -0.3 is 10.2 Å². The van der Waals surface area contributed by atoms with Crippen molar-refractivity contribution in [1.29, 1.82) is 0 Å². The summed E-state index contributed by atoms with van der Waals surface area (Å²) < 4.78 is 0. The van der Waals surface area contributed by atoms with Gasteiger partial charge in [-0.1, -0.05) is 38.1 Å². The largest absolute Gasteiger partial charge is 0.343 e. The number of hydrogen-bond donors (Lipinski definition) is 1. The van der Waals surface area contributed by atoms with Crippen molar-refractivity contribution in [2.45, 2.75) is 77.3 Å². The number of fused-ring (bicyclic) bond motifs is 2. The van der Waals surface area contributed by atoms with E-state index in [1.165, 1.54) is 18.4 Å². The lowest BCUT2D eigenvalue weighted by atomic mass is 9.87. The van der Waals surface area contributed by atoms with Crippen molar-refractivity contribution in [1.82, 2.24) is 10.2 Å². The molecule has 2 bridgehead atoms. The molecule has 0 aliphatic carbocycles. The van der Waals surface area contributed by atoms with Gasteiger partial charge in [0.1, 0.15) is 0 Å². The van der Waals surface area contributed by atoms with E-state index in [4.69, 9.17) is 0 Å². The Hall–Kier alpha value is -1.39. The van der Waals surface area contributed by atoms with Crippen LogP contribution in [0.3, 0.4) is 0 Å². The zero-order valence-corrected chi connectivity index (χ0v) is 19.3. The summed E-state index contributed by atoms with van der Waals surface area (Å²) >= 11 is 0. The lowest BCUT2D eigenvalue weighted by Crippen LogP contribution is -2.43. The van der Waals surface area contributed by atoms with Crippen LogP contribution in [0.4, 0.5) is 0 Å². The molecule has 0 radical (unpaired) electrons. The SMILES string of the molecule is CC(C)Cc1ccc(C(=O)C2CCN(C(=O)CC3CC4CCC(C3)N4)CC2)cc1.Cl. The summed E-state index contributed by atoms with van der Waals surface area (Å²) in [6, 6.07) is 9.45. The Morgan fingerprint density at radius 3 is 2.17 bits per heavy atom. The zero-order chi connectivity index (χ0) is 20.4. The van der Waals surface area contributed by atoms with Crippen LogP contribution in [-0.2, 0) is 11.2 Å². The van der Waals surface area contributed by atoms with Crippen molar-refractivity contribution in [2.75, 3.05) is 13.1 Å². The van der Waals surface area contributed by atoms with Gasteiger partial charge in [0, 0.05) is 43.1 Å². The average Bonchev–Trinajstić information content (AvgIpc) is 3.06. The maximum Gasteiger partial charge on any atom is 0.222 e. The van der Waals surface area contributed by atoms with E-state index in [0.717, 1.165) is 50.8 Å². The number of carbonyl (C=O) groups excluding carboxylic acids is 2. The third-order valence-corrected chi connectivity index (χ3v) is 7.13. The number of rotatable bonds is 6. The van der Waals surface area contributed by atoms with Crippen molar-refractivity contribution in [2.24, 2.45) is 17.8 Å². The fraction of sp³-hybridized carbons (Fsp3) is 0.680. The van der Waals surface area contributed by atoms with E-state index in [1.54, 1.807) is 0 Å². The van der Waals surface area contributed by atoms with Crippen molar-refractivity contribution in [3.05, 3.63) is 35.4 Å². The Morgan fingerprint density at radius 1 is 1.00 bits per heavy atom. The standard InChI is InChI=1S/C25H36N2O2.ClH/c1-17(2)13-18-3-5-20(6-4-18)25(29)21-9-11-27(12-10-21)24(28)16-19-14-22-7-8-23(15-19)26-22;/h3-6,17,19,21-23,26H,7-16H2,1-2H3;1H. The third-order valence-electron chi connectivity index (χ3n) is 7.13. The van der Waals surface area contributed by atoms with Crippen LogP contribution in [0.25, 0.3) is 0 Å². The van der Waals surface area contributed by atoms with Gasteiger partial charge in [-0.25, -0.2) is 0 Å². The number of halogens is 1. The molecule has 3 saturated heterocycles. The molecule has 2 atom stereocenters. The molecule has 166 valence electrons. The van der Waals surface area contributed by atoms with E-state index in [-0.39, 0.29) is 24.1 Å². The monoisotopic (exact) mass is 432 g/mol. The molecule has 3 heterocycles. The number of likely N-dealkylation sites (tertiary alicyclic amines) is 1. The number of benzene rings is 1. The zero-order valence-electron chi connectivity index (χ0n) is 18.4. The quantitative estimate of drug-likeness (QED) is 0.665. The van der Waals surface area contributed by atoms with Gasteiger partial charge in [-0.15, -0.1) is 12.4 Å². The van der Waals surface area contributed by atoms with Gasteiger partial charge in [0.05, 0.1) is 0 Å². The van der Waals surface area contributed by atoms with Crippen LogP contribution in [0.5, 0.6) is 0 Å². The van der Waals surface area contributed by atoms with E-state index in [2.05, 4.69) is 31.3 Å².